The number of aromatic hydroxyl groups is 2. The third kappa shape index (κ3) is 6.53. The third-order valence-electron chi connectivity index (χ3n) is 5.81. The summed E-state index contributed by atoms with van der Waals surface area (Å²) in [5.41, 5.74) is 4.00. The normalized spacial score (nSPS) is 10.9. The molecule has 0 saturated heterocycles. The number of nitrogens with one attached hydrogen (secondary N) is 2. The molecule has 2 aromatic heterocycles. The average molecular weight is 549 g/mol. The number of hydrogen-bond donors (Lipinski definition) is 4. The number of benzene rings is 3. The van der Waals surface area contributed by atoms with Crippen LogP contribution >= 0.6 is 22.7 Å². The van der Waals surface area contributed by atoms with E-state index in [2.05, 4.69) is 9.97 Å². The predicted molar refractivity (Wildman–Crippen MR) is 147 cm³/mol. The van der Waals surface area contributed by atoms with Crippen LogP contribution in [0.3, 0.4) is 0 Å². The summed E-state index contributed by atoms with van der Waals surface area (Å²) in [6.45, 7) is 0.848. The smallest absolute Gasteiger partial charge is 0.307 e. The molecule has 0 aliphatic heterocycles. The van der Waals surface area contributed by atoms with Crippen molar-refractivity contribution in [3.8, 4) is 23.3 Å². The molecule has 0 spiro atoms. The zero-order chi connectivity index (χ0) is 26.5. The molecule has 0 atom stereocenters. The van der Waals surface area contributed by atoms with Gasteiger partial charge >= 0.3 is 9.75 Å². The third-order valence-corrected chi connectivity index (χ3v) is 7.55. The lowest BCUT2D eigenvalue weighted by molar-refractivity contribution is 0.302. The molecule has 10 heteroatoms. The van der Waals surface area contributed by atoms with Crippen LogP contribution in [0.2, 0.25) is 0 Å². The van der Waals surface area contributed by atoms with Crippen LogP contribution in [0.5, 0.6) is 23.3 Å². The van der Waals surface area contributed by atoms with Crippen molar-refractivity contribution in [1.82, 2.24) is 9.97 Å². The first kappa shape index (κ1) is 25.4. The van der Waals surface area contributed by atoms with E-state index in [1.807, 2.05) is 72.8 Å². The van der Waals surface area contributed by atoms with Gasteiger partial charge in [0.1, 0.15) is 24.7 Å². The fraction of sp³-hybridized carbons (Fsp3) is 0.143. The summed E-state index contributed by atoms with van der Waals surface area (Å²) >= 11 is 2.02. The SMILES string of the molecule is O=c1[nH]c(O)c(Cc2ccc(OCc3ccc(COc4ccc(Cc5sc(=O)[nH]c5O)cc4)cc3)cc2)s1. The second-order valence-corrected chi connectivity index (χ2v) is 10.7. The zero-order valence-corrected chi connectivity index (χ0v) is 21.7. The van der Waals surface area contributed by atoms with Crippen LogP contribution in [0.15, 0.2) is 82.4 Å². The number of H-pyrrole nitrogens is 2. The minimum absolute atomic E-state index is 0.0709. The quantitative estimate of drug-likeness (QED) is 0.196. The molecule has 8 nitrogen and oxygen atoms in total. The maximum Gasteiger partial charge on any atom is 0.307 e. The average Bonchev–Trinajstić information content (AvgIpc) is 3.41. The fourth-order valence-corrected chi connectivity index (χ4v) is 5.30. The van der Waals surface area contributed by atoms with E-state index in [0.717, 1.165) is 56.4 Å². The lowest BCUT2D eigenvalue weighted by Gasteiger charge is -2.10. The Hall–Kier alpha value is -4.28. The van der Waals surface area contributed by atoms with E-state index in [1.165, 1.54) is 0 Å². The molecule has 0 bridgehead atoms. The van der Waals surface area contributed by atoms with Crippen LogP contribution in [-0.2, 0) is 26.1 Å². The first-order chi connectivity index (χ1) is 18.4. The maximum atomic E-state index is 11.3. The van der Waals surface area contributed by atoms with Crippen LogP contribution in [-0.4, -0.2) is 20.2 Å². The molecule has 3 aromatic carbocycles. The zero-order valence-electron chi connectivity index (χ0n) is 20.1. The number of ether oxygens (including phenoxy) is 2. The van der Waals surface area contributed by atoms with Gasteiger partial charge in [0, 0.05) is 12.8 Å². The monoisotopic (exact) mass is 548 g/mol. The van der Waals surface area contributed by atoms with Crippen LogP contribution in [0, 0.1) is 0 Å². The van der Waals surface area contributed by atoms with Crippen molar-refractivity contribution in [2.45, 2.75) is 26.1 Å². The van der Waals surface area contributed by atoms with Gasteiger partial charge in [-0.3, -0.25) is 19.6 Å². The summed E-state index contributed by atoms with van der Waals surface area (Å²) < 4.78 is 11.8. The summed E-state index contributed by atoms with van der Waals surface area (Å²) in [5, 5.41) is 19.5. The van der Waals surface area contributed by atoms with Gasteiger partial charge in [-0.2, -0.15) is 0 Å². The van der Waals surface area contributed by atoms with Crippen molar-refractivity contribution in [2.24, 2.45) is 0 Å². The Balaban J connectivity index is 1.08. The molecule has 0 aliphatic rings. The highest BCUT2D eigenvalue weighted by Gasteiger charge is 2.09. The van der Waals surface area contributed by atoms with Crippen molar-refractivity contribution in [3.05, 3.63) is 124 Å². The molecule has 0 unspecified atom stereocenters. The largest absolute Gasteiger partial charge is 0.494 e. The predicted octanol–water partition coefficient (Wildman–Crippen LogP) is 4.94. The second-order valence-electron chi connectivity index (χ2n) is 8.61. The summed E-state index contributed by atoms with van der Waals surface area (Å²) in [5.74, 6) is 1.32. The van der Waals surface area contributed by atoms with E-state index in [1.54, 1.807) is 0 Å². The molecule has 2 heterocycles. The number of hydrogen-bond acceptors (Lipinski definition) is 8. The van der Waals surface area contributed by atoms with Crippen LogP contribution in [0.25, 0.3) is 0 Å². The van der Waals surface area contributed by atoms with Gasteiger partial charge in [0.2, 0.25) is 11.8 Å². The van der Waals surface area contributed by atoms with Crippen LogP contribution in [0.4, 0.5) is 0 Å². The lowest BCUT2D eigenvalue weighted by atomic mass is 10.1. The van der Waals surface area contributed by atoms with Gasteiger partial charge in [0.15, 0.2) is 0 Å². The Bertz CT molecular complexity index is 1490. The van der Waals surface area contributed by atoms with Crippen molar-refractivity contribution >= 4 is 22.7 Å². The number of rotatable bonds is 10. The molecule has 5 rings (SSSR count). The van der Waals surface area contributed by atoms with Crippen LogP contribution in [0.1, 0.15) is 32.0 Å². The minimum atomic E-state index is -0.267. The molecule has 5 aromatic rings. The van der Waals surface area contributed by atoms with Gasteiger partial charge < -0.3 is 19.7 Å². The standard InChI is InChI=1S/C28H24N2O6S2/c31-25-23(37-27(33)29-25)13-17-5-9-21(10-6-17)35-15-19-1-2-20(4-3-19)16-36-22-11-7-18(8-12-22)14-24-26(32)30-28(34)38-24/h1-12,31-32H,13-16H2,(H,29,33)(H,30,34). The van der Waals surface area contributed by atoms with Gasteiger partial charge in [-0.15, -0.1) is 0 Å². The second kappa shape index (κ2) is 11.4. The van der Waals surface area contributed by atoms with Crippen LogP contribution < -0.4 is 19.2 Å². The van der Waals surface area contributed by atoms with Gasteiger partial charge in [-0.1, -0.05) is 71.2 Å². The Morgan fingerprint density at radius 1 is 0.553 bits per heavy atom. The van der Waals surface area contributed by atoms with Gasteiger partial charge in [0.05, 0.1) is 9.75 Å². The Labute approximate surface area is 225 Å². The molecule has 0 aliphatic carbocycles. The number of thiazole rings is 2. The minimum Gasteiger partial charge on any atom is -0.494 e. The van der Waals surface area contributed by atoms with Gasteiger partial charge in [0.25, 0.3) is 0 Å². The Kier molecular flexibility index (Phi) is 7.62. The van der Waals surface area contributed by atoms with E-state index in [0.29, 0.717) is 35.8 Å². The fourth-order valence-electron chi connectivity index (χ4n) is 3.79. The Morgan fingerprint density at radius 2 is 0.895 bits per heavy atom. The highest BCUT2D eigenvalue weighted by Crippen LogP contribution is 2.23. The topological polar surface area (TPSA) is 125 Å². The molecular weight excluding hydrogens is 524 g/mol. The highest BCUT2D eigenvalue weighted by molar-refractivity contribution is 7.09. The maximum absolute atomic E-state index is 11.3. The summed E-state index contributed by atoms with van der Waals surface area (Å²) in [6.07, 6.45) is 0.954. The first-order valence-corrected chi connectivity index (χ1v) is 13.4. The number of aromatic amines is 2. The van der Waals surface area contributed by atoms with E-state index in [9.17, 15) is 19.8 Å². The summed E-state index contributed by atoms with van der Waals surface area (Å²) in [6, 6.07) is 23.2. The molecule has 0 radical (unpaired) electrons. The lowest BCUT2D eigenvalue weighted by Crippen LogP contribution is -1.98. The van der Waals surface area contributed by atoms with Crippen molar-refractivity contribution in [1.29, 1.82) is 0 Å². The summed E-state index contributed by atoms with van der Waals surface area (Å²) in [4.78, 5) is 28.1. The Morgan fingerprint density at radius 3 is 1.21 bits per heavy atom. The highest BCUT2D eigenvalue weighted by atomic mass is 32.1. The van der Waals surface area contributed by atoms with Crippen molar-refractivity contribution in [3.63, 3.8) is 0 Å². The molecule has 194 valence electrons. The van der Waals surface area contributed by atoms with Crippen molar-refractivity contribution < 1.29 is 19.7 Å². The van der Waals surface area contributed by atoms with Gasteiger partial charge in [-0.25, -0.2) is 0 Å². The van der Waals surface area contributed by atoms with E-state index in [4.69, 9.17) is 9.47 Å². The molecule has 0 amide bonds. The molecule has 0 fully saturated rings. The van der Waals surface area contributed by atoms with E-state index >= 15 is 0 Å². The molecule has 0 saturated carbocycles. The van der Waals surface area contributed by atoms with E-state index < -0.39 is 0 Å². The number of aromatic nitrogens is 2. The molecule has 4 N–H and O–H groups in total. The summed E-state index contributed by atoms with van der Waals surface area (Å²) in [7, 11) is 0. The van der Waals surface area contributed by atoms with Crippen molar-refractivity contribution in [2.75, 3.05) is 0 Å². The van der Waals surface area contributed by atoms with Gasteiger partial charge in [-0.05, 0) is 46.5 Å². The molecular formula is C28H24N2O6S2. The molecule has 38 heavy (non-hydrogen) atoms. The van der Waals surface area contributed by atoms with E-state index in [-0.39, 0.29) is 21.5 Å². The first-order valence-electron chi connectivity index (χ1n) is 11.7.